The molecule has 0 amide bonds. The van der Waals surface area contributed by atoms with E-state index in [0.29, 0.717) is 11.4 Å². The maximum Gasteiger partial charge on any atom is 0.337 e. The van der Waals surface area contributed by atoms with E-state index in [1.54, 1.807) is 4.57 Å². The summed E-state index contributed by atoms with van der Waals surface area (Å²) in [6, 6.07) is 0. The molecule has 0 aliphatic heterocycles. The van der Waals surface area contributed by atoms with Crippen LogP contribution < -0.4 is 5.56 Å². The fraction of sp³-hybridized carbons (Fsp3) is 0.500. The van der Waals surface area contributed by atoms with Crippen LogP contribution in [-0.4, -0.2) is 20.6 Å². The highest BCUT2D eigenvalue weighted by Gasteiger charge is 2.18. The van der Waals surface area contributed by atoms with Gasteiger partial charge in [0.05, 0.1) is 10.9 Å². The van der Waals surface area contributed by atoms with E-state index in [9.17, 15) is 9.59 Å². The van der Waals surface area contributed by atoms with E-state index in [4.69, 9.17) is 5.11 Å². The van der Waals surface area contributed by atoms with Crippen LogP contribution in [0.25, 0.3) is 10.2 Å². The van der Waals surface area contributed by atoms with Gasteiger partial charge in [0.2, 0.25) is 0 Å². The lowest BCUT2D eigenvalue weighted by atomic mass is 10.2. The van der Waals surface area contributed by atoms with E-state index in [1.807, 2.05) is 6.92 Å². The van der Waals surface area contributed by atoms with Gasteiger partial charge >= 0.3 is 5.97 Å². The predicted molar refractivity (Wildman–Crippen MR) is 79.7 cm³/mol. The maximum absolute atomic E-state index is 12.6. The number of thiophene rings is 1. The largest absolute Gasteiger partial charge is 0.478 e. The van der Waals surface area contributed by atoms with Crippen LogP contribution in [0, 0.1) is 0 Å². The molecule has 1 N–H and O–H groups in total. The van der Waals surface area contributed by atoms with E-state index in [-0.39, 0.29) is 16.5 Å². The first-order valence-electron chi connectivity index (χ1n) is 6.84. The van der Waals surface area contributed by atoms with Crippen molar-refractivity contribution in [3.8, 4) is 0 Å². The minimum absolute atomic E-state index is 0.0656. The zero-order valence-corrected chi connectivity index (χ0v) is 12.5. The molecule has 5 nitrogen and oxygen atoms in total. The van der Waals surface area contributed by atoms with E-state index in [2.05, 4.69) is 11.9 Å². The summed E-state index contributed by atoms with van der Waals surface area (Å²) >= 11 is 1.22. The summed E-state index contributed by atoms with van der Waals surface area (Å²) in [5.41, 5.74) is -0.152. The molecule has 20 heavy (non-hydrogen) atoms. The number of fused-ring (bicyclic) bond motifs is 1. The number of unbranched alkanes of at least 4 members (excludes halogenated alkanes) is 1. The molecule has 2 aromatic heterocycles. The first-order valence-corrected chi connectivity index (χ1v) is 7.72. The van der Waals surface area contributed by atoms with E-state index < -0.39 is 5.97 Å². The number of rotatable bonds is 6. The Hall–Kier alpha value is -1.69. The smallest absolute Gasteiger partial charge is 0.337 e. The molecular formula is C14H18N2O3S. The number of aromatic nitrogens is 2. The first-order chi connectivity index (χ1) is 9.60. The second-order valence-electron chi connectivity index (χ2n) is 4.72. The standard InChI is InChI=1S/C14H18N2O3S/c1-3-5-7-16-10(6-4-2)15-12-11(13(16)17)9(8-20-12)14(18)19/h8H,3-7H2,1-2H3,(H,18,19). The molecule has 108 valence electrons. The molecule has 0 unspecified atom stereocenters. The summed E-state index contributed by atoms with van der Waals surface area (Å²) in [5, 5.41) is 10.9. The predicted octanol–water partition coefficient (Wildman–Crippen LogP) is 2.91. The van der Waals surface area contributed by atoms with Gasteiger partial charge < -0.3 is 5.11 Å². The van der Waals surface area contributed by atoms with Crippen LogP contribution in [0.5, 0.6) is 0 Å². The number of nitrogens with zero attached hydrogens (tertiary/aromatic N) is 2. The molecule has 0 aliphatic carbocycles. The van der Waals surface area contributed by atoms with Crippen LogP contribution in [0.3, 0.4) is 0 Å². The first kappa shape index (κ1) is 14.7. The van der Waals surface area contributed by atoms with Crippen molar-refractivity contribution in [1.82, 2.24) is 9.55 Å². The molecular weight excluding hydrogens is 276 g/mol. The number of hydrogen-bond donors (Lipinski definition) is 1. The number of carboxylic acids is 1. The Balaban J connectivity index is 2.68. The Morgan fingerprint density at radius 1 is 1.40 bits per heavy atom. The van der Waals surface area contributed by atoms with Crippen LogP contribution in [0.1, 0.15) is 49.3 Å². The minimum atomic E-state index is -1.07. The van der Waals surface area contributed by atoms with Gasteiger partial charge in [-0.05, 0) is 12.8 Å². The van der Waals surface area contributed by atoms with Crippen molar-refractivity contribution in [3.05, 3.63) is 27.1 Å². The third kappa shape index (κ3) is 2.60. The topological polar surface area (TPSA) is 72.2 Å². The molecule has 0 fully saturated rings. The number of aryl methyl sites for hydroxylation is 1. The summed E-state index contributed by atoms with van der Waals surface area (Å²) in [6.45, 7) is 4.70. The van der Waals surface area contributed by atoms with Crippen molar-refractivity contribution < 1.29 is 9.90 Å². The molecule has 0 saturated heterocycles. The summed E-state index contributed by atoms with van der Waals surface area (Å²) in [5.74, 6) is -0.308. The van der Waals surface area contributed by atoms with Crippen LogP contribution >= 0.6 is 11.3 Å². The number of carboxylic acid groups (broad SMARTS) is 1. The fourth-order valence-corrected chi connectivity index (χ4v) is 3.11. The zero-order valence-electron chi connectivity index (χ0n) is 11.7. The molecule has 2 heterocycles. The van der Waals surface area contributed by atoms with Crippen LogP contribution in [0.2, 0.25) is 0 Å². The summed E-state index contributed by atoms with van der Waals surface area (Å²) < 4.78 is 1.65. The van der Waals surface area contributed by atoms with Crippen molar-refractivity contribution in [2.24, 2.45) is 0 Å². The molecule has 0 aliphatic rings. The number of hydrogen-bond acceptors (Lipinski definition) is 4. The quantitative estimate of drug-likeness (QED) is 0.889. The van der Waals surface area contributed by atoms with Gasteiger partial charge in [-0.1, -0.05) is 20.3 Å². The summed E-state index contributed by atoms with van der Waals surface area (Å²) in [4.78, 5) is 28.8. The van der Waals surface area contributed by atoms with Crippen molar-refractivity contribution in [2.45, 2.75) is 46.1 Å². The molecule has 0 bridgehead atoms. The van der Waals surface area contributed by atoms with Gasteiger partial charge in [-0.3, -0.25) is 9.36 Å². The van der Waals surface area contributed by atoms with Crippen molar-refractivity contribution in [1.29, 1.82) is 0 Å². The maximum atomic E-state index is 12.6. The van der Waals surface area contributed by atoms with Crippen LogP contribution in [0.15, 0.2) is 10.2 Å². The van der Waals surface area contributed by atoms with Crippen molar-refractivity contribution in [2.75, 3.05) is 0 Å². The van der Waals surface area contributed by atoms with Crippen molar-refractivity contribution >= 4 is 27.5 Å². The Kier molecular flexibility index (Phi) is 4.54. The fourth-order valence-electron chi connectivity index (χ4n) is 2.19. The van der Waals surface area contributed by atoms with Gasteiger partial charge in [-0.25, -0.2) is 9.78 Å². The average molecular weight is 294 g/mol. The highest BCUT2D eigenvalue weighted by molar-refractivity contribution is 7.17. The Bertz CT molecular complexity index is 688. The SMILES string of the molecule is CCCCn1c(CCC)nc2scc(C(=O)O)c2c1=O. The number of carbonyl (C=O) groups is 1. The third-order valence-electron chi connectivity index (χ3n) is 3.21. The second kappa shape index (κ2) is 6.17. The molecule has 0 radical (unpaired) electrons. The molecule has 2 aromatic rings. The molecule has 0 spiro atoms. The minimum Gasteiger partial charge on any atom is -0.478 e. The van der Waals surface area contributed by atoms with Gasteiger partial charge in [-0.15, -0.1) is 11.3 Å². The second-order valence-corrected chi connectivity index (χ2v) is 5.58. The Labute approximate surface area is 120 Å². The van der Waals surface area contributed by atoms with E-state index in [1.165, 1.54) is 16.7 Å². The van der Waals surface area contributed by atoms with Gasteiger partial charge in [0.15, 0.2) is 0 Å². The lowest BCUT2D eigenvalue weighted by molar-refractivity contribution is 0.0699. The molecule has 6 heteroatoms. The third-order valence-corrected chi connectivity index (χ3v) is 4.08. The monoisotopic (exact) mass is 294 g/mol. The van der Waals surface area contributed by atoms with E-state index >= 15 is 0 Å². The summed E-state index contributed by atoms with van der Waals surface area (Å²) in [6.07, 6.45) is 3.50. The lowest BCUT2D eigenvalue weighted by Gasteiger charge is -2.11. The zero-order chi connectivity index (χ0) is 14.7. The average Bonchev–Trinajstić information content (AvgIpc) is 2.83. The Morgan fingerprint density at radius 2 is 2.15 bits per heavy atom. The van der Waals surface area contributed by atoms with Gasteiger partial charge in [0, 0.05) is 18.3 Å². The highest BCUT2D eigenvalue weighted by Crippen LogP contribution is 2.22. The molecule has 2 rings (SSSR count). The van der Waals surface area contributed by atoms with Gasteiger partial charge in [0.25, 0.3) is 5.56 Å². The van der Waals surface area contributed by atoms with Crippen molar-refractivity contribution in [3.63, 3.8) is 0 Å². The molecule has 0 aromatic carbocycles. The normalized spacial score (nSPS) is 11.1. The van der Waals surface area contributed by atoms with Crippen LogP contribution in [0.4, 0.5) is 0 Å². The molecule has 0 saturated carbocycles. The van der Waals surface area contributed by atoms with Crippen LogP contribution in [-0.2, 0) is 13.0 Å². The number of aromatic carboxylic acids is 1. The highest BCUT2D eigenvalue weighted by atomic mass is 32.1. The van der Waals surface area contributed by atoms with Gasteiger partial charge in [0.1, 0.15) is 10.7 Å². The van der Waals surface area contributed by atoms with E-state index in [0.717, 1.165) is 31.5 Å². The molecule has 0 atom stereocenters. The lowest BCUT2D eigenvalue weighted by Crippen LogP contribution is -2.26. The Morgan fingerprint density at radius 3 is 2.75 bits per heavy atom. The van der Waals surface area contributed by atoms with Gasteiger partial charge in [-0.2, -0.15) is 0 Å². The summed E-state index contributed by atoms with van der Waals surface area (Å²) in [7, 11) is 0.